The van der Waals surface area contributed by atoms with E-state index in [-0.39, 0.29) is 0 Å². The topological polar surface area (TPSA) is 57.2 Å². The van der Waals surface area contributed by atoms with E-state index in [9.17, 15) is 0 Å². The van der Waals surface area contributed by atoms with Gasteiger partial charge in [-0.2, -0.15) is 15.0 Å². The third kappa shape index (κ3) is 3.11. The minimum atomic E-state index is 0.511. The van der Waals surface area contributed by atoms with Crippen LogP contribution >= 0.6 is 0 Å². The number of anilines is 3. The molecule has 2 rings (SSSR count). The summed E-state index contributed by atoms with van der Waals surface area (Å²) in [4.78, 5) is 18.2. The second-order valence-electron chi connectivity index (χ2n) is 5.15. The molecule has 1 aromatic rings. The fourth-order valence-electron chi connectivity index (χ4n) is 2.60. The molecule has 1 unspecified atom stereocenters. The van der Waals surface area contributed by atoms with Crippen molar-refractivity contribution in [2.75, 3.05) is 41.3 Å². The van der Waals surface area contributed by atoms with Crippen LogP contribution < -0.4 is 15.1 Å². The second-order valence-corrected chi connectivity index (χ2v) is 5.15. The van der Waals surface area contributed by atoms with E-state index < -0.39 is 0 Å². The van der Waals surface area contributed by atoms with E-state index in [2.05, 4.69) is 57.8 Å². The lowest BCUT2D eigenvalue weighted by molar-refractivity contribution is 0.709. The predicted molar refractivity (Wildman–Crippen MR) is 83.6 cm³/mol. The van der Waals surface area contributed by atoms with Crippen LogP contribution in [-0.2, 0) is 0 Å². The van der Waals surface area contributed by atoms with Crippen LogP contribution in [0.3, 0.4) is 0 Å². The van der Waals surface area contributed by atoms with Gasteiger partial charge in [0.05, 0.1) is 0 Å². The van der Waals surface area contributed by atoms with E-state index >= 15 is 0 Å². The van der Waals surface area contributed by atoms with Crippen molar-refractivity contribution < 1.29 is 0 Å². The summed E-state index contributed by atoms with van der Waals surface area (Å²) in [5.41, 5.74) is 0. The number of rotatable bonds is 6. The van der Waals surface area contributed by atoms with Gasteiger partial charge in [0, 0.05) is 32.2 Å². The van der Waals surface area contributed by atoms with Crippen molar-refractivity contribution in [2.24, 2.45) is 0 Å². The molecule has 20 heavy (non-hydrogen) atoms. The van der Waals surface area contributed by atoms with Gasteiger partial charge in [-0.1, -0.05) is 0 Å². The molecule has 0 amide bonds. The van der Waals surface area contributed by atoms with Crippen molar-refractivity contribution in [1.29, 1.82) is 0 Å². The lowest BCUT2D eigenvalue weighted by atomic mass is 10.2. The maximum Gasteiger partial charge on any atom is 0.232 e. The zero-order valence-electron chi connectivity index (χ0n) is 13.1. The molecule has 0 bridgehead atoms. The van der Waals surface area contributed by atoms with Gasteiger partial charge < -0.3 is 15.1 Å². The Morgan fingerprint density at radius 3 is 2.50 bits per heavy atom. The first-order valence-electron chi connectivity index (χ1n) is 7.71. The van der Waals surface area contributed by atoms with Crippen molar-refractivity contribution in [1.82, 2.24) is 15.0 Å². The van der Waals surface area contributed by atoms with E-state index in [4.69, 9.17) is 0 Å². The normalized spacial score (nSPS) is 18.4. The molecule has 6 heteroatoms. The summed E-state index contributed by atoms with van der Waals surface area (Å²) in [5.74, 6) is 2.26. The lowest BCUT2D eigenvalue weighted by Gasteiger charge is -2.24. The molecule has 1 saturated heterocycles. The third-order valence-electron chi connectivity index (χ3n) is 3.80. The van der Waals surface area contributed by atoms with Gasteiger partial charge >= 0.3 is 0 Å². The Balaban J connectivity index is 2.34. The highest BCUT2D eigenvalue weighted by Crippen LogP contribution is 2.24. The first-order chi connectivity index (χ1) is 9.69. The molecule has 1 fully saturated rings. The molecule has 0 aliphatic carbocycles. The molecule has 0 aromatic carbocycles. The minimum absolute atomic E-state index is 0.511. The van der Waals surface area contributed by atoms with E-state index in [0.717, 1.165) is 38.1 Å². The maximum atomic E-state index is 4.68. The zero-order valence-corrected chi connectivity index (χ0v) is 13.1. The summed E-state index contributed by atoms with van der Waals surface area (Å²) in [6.07, 6.45) is 2.42. The molecule has 112 valence electrons. The van der Waals surface area contributed by atoms with Gasteiger partial charge in [0.15, 0.2) is 0 Å². The fraction of sp³-hybridized carbons (Fsp3) is 0.786. The molecule has 1 aliphatic rings. The van der Waals surface area contributed by atoms with Gasteiger partial charge in [-0.3, -0.25) is 0 Å². The number of nitrogens with zero attached hydrogens (tertiary/aromatic N) is 5. The van der Waals surface area contributed by atoms with E-state index in [1.165, 1.54) is 12.8 Å². The molecule has 0 saturated carbocycles. The van der Waals surface area contributed by atoms with Gasteiger partial charge in [-0.15, -0.1) is 0 Å². The number of nitrogens with one attached hydrogen (secondary N) is 1. The van der Waals surface area contributed by atoms with Crippen LogP contribution in [0.1, 0.15) is 40.5 Å². The molecule has 2 heterocycles. The van der Waals surface area contributed by atoms with E-state index in [0.29, 0.717) is 12.0 Å². The summed E-state index contributed by atoms with van der Waals surface area (Å²) >= 11 is 0. The summed E-state index contributed by atoms with van der Waals surface area (Å²) < 4.78 is 0. The minimum Gasteiger partial charge on any atom is -0.354 e. The van der Waals surface area contributed by atoms with Crippen LogP contribution in [0.5, 0.6) is 0 Å². The Hall–Kier alpha value is -1.59. The zero-order chi connectivity index (χ0) is 14.5. The quantitative estimate of drug-likeness (QED) is 0.860. The van der Waals surface area contributed by atoms with Crippen LogP contribution in [0, 0.1) is 0 Å². The summed E-state index contributed by atoms with van der Waals surface area (Å²) in [6.45, 7) is 12.2. The molecule has 1 atom stereocenters. The van der Waals surface area contributed by atoms with Crippen LogP contribution in [0.2, 0.25) is 0 Å². The maximum absolute atomic E-state index is 4.68. The smallest absolute Gasteiger partial charge is 0.232 e. The first kappa shape index (κ1) is 14.8. The average Bonchev–Trinajstić information content (AvgIpc) is 2.87. The SMILES string of the molecule is CCNc1nc(N(CC)CC)nc(N2CCCC2C)n1. The number of aromatic nitrogens is 3. The van der Waals surface area contributed by atoms with Gasteiger partial charge in [-0.25, -0.2) is 0 Å². The third-order valence-corrected chi connectivity index (χ3v) is 3.80. The predicted octanol–water partition coefficient (Wildman–Crippen LogP) is 2.14. The summed E-state index contributed by atoms with van der Waals surface area (Å²) in [7, 11) is 0. The van der Waals surface area contributed by atoms with E-state index in [1.54, 1.807) is 0 Å². The Kier molecular flexibility index (Phi) is 4.98. The number of hydrogen-bond acceptors (Lipinski definition) is 6. The second kappa shape index (κ2) is 6.72. The van der Waals surface area contributed by atoms with Crippen LogP contribution in [-0.4, -0.2) is 47.2 Å². The van der Waals surface area contributed by atoms with Crippen LogP contribution in [0.4, 0.5) is 17.8 Å². The van der Waals surface area contributed by atoms with Crippen molar-refractivity contribution in [3.63, 3.8) is 0 Å². The highest BCUT2D eigenvalue weighted by atomic mass is 15.4. The Bertz CT molecular complexity index is 432. The summed E-state index contributed by atoms with van der Waals surface area (Å²) in [6, 6.07) is 0.511. The van der Waals surface area contributed by atoms with Gasteiger partial charge in [0.25, 0.3) is 0 Å². The lowest BCUT2D eigenvalue weighted by Crippen LogP contribution is -2.31. The fourth-order valence-corrected chi connectivity index (χ4v) is 2.60. The Morgan fingerprint density at radius 2 is 1.95 bits per heavy atom. The molecule has 0 spiro atoms. The molecule has 0 radical (unpaired) electrons. The molecule has 1 N–H and O–H groups in total. The molecule has 6 nitrogen and oxygen atoms in total. The monoisotopic (exact) mass is 278 g/mol. The van der Waals surface area contributed by atoms with Crippen molar-refractivity contribution >= 4 is 17.8 Å². The van der Waals surface area contributed by atoms with Crippen LogP contribution in [0.25, 0.3) is 0 Å². The Morgan fingerprint density at radius 1 is 1.20 bits per heavy atom. The van der Waals surface area contributed by atoms with Crippen molar-refractivity contribution in [2.45, 2.75) is 46.6 Å². The molecule has 1 aliphatic heterocycles. The molecular formula is C14H26N6. The highest BCUT2D eigenvalue weighted by Gasteiger charge is 2.24. The highest BCUT2D eigenvalue weighted by molar-refractivity contribution is 5.46. The molecule has 1 aromatic heterocycles. The van der Waals surface area contributed by atoms with Crippen LogP contribution in [0.15, 0.2) is 0 Å². The van der Waals surface area contributed by atoms with Crippen molar-refractivity contribution in [3.05, 3.63) is 0 Å². The van der Waals surface area contributed by atoms with Gasteiger partial charge in [-0.05, 0) is 40.5 Å². The number of hydrogen-bond donors (Lipinski definition) is 1. The van der Waals surface area contributed by atoms with Crippen molar-refractivity contribution in [3.8, 4) is 0 Å². The average molecular weight is 278 g/mol. The largest absolute Gasteiger partial charge is 0.354 e. The Labute approximate surface area is 121 Å². The van der Waals surface area contributed by atoms with Gasteiger partial charge in [0.2, 0.25) is 17.8 Å². The van der Waals surface area contributed by atoms with E-state index in [1.807, 2.05) is 0 Å². The van der Waals surface area contributed by atoms with Gasteiger partial charge in [0.1, 0.15) is 0 Å². The molecular weight excluding hydrogens is 252 g/mol. The standard InChI is InChI=1S/C14H26N6/c1-5-15-12-16-13(19(6-2)7-3)18-14(17-12)20-10-8-9-11(20)4/h11H,5-10H2,1-4H3,(H,15,16,17,18). The summed E-state index contributed by atoms with van der Waals surface area (Å²) in [5, 5.41) is 3.21. The first-order valence-corrected chi connectivity index (χ1v) is 7.71.